The third kappa shape index (κ3) is 5.52. The van der Waals surface area contributed by atoms with Gasteiger partial charge in [-0.1, -0.05) is 6.92 Å². The monoisotopic (exact) mass is 295 g/mol. The third-order valence-corrected chi connectivity index (χ3v) is 3.40. The summed E-state index contributed by atoms with van der Waals surface area (Å²) in [5, 5.41) is 3.25. The van der Waals surface area contributed by atoms with Crippen LogP contribution in [0.3, 0.4) is 0 Å². The van der Waals surface area contributed by atoms with Crippen molar-refractivity contribution in [1.82, 2.24) is 15.1 Å². The number of aryl methyl sites for hydroxylation is 1. The Hall–Kier alpha value is -1.33. The zero-order chi connectivity index (χ0) is 16.0. The molecule has 0 aliphatic heterocycles. The highest BCUT2D eigenvalue weighted by atomic mass is 16.3. The number of rotatable bonds is 8. The molecule has 120 valence electrons. The van der Waals surface area contributed by atoms with Gasteiger partial charge in [0.2, 0.25) is 5.91 Å². The molecule has 1 heterocycles. The lowest BCUT2D eigenvalue weighted by atomic mass is 10.0. The summed E-state index contributed by atoms with van der Waals surface area (Å²) in [6.07, 6.45) is 0. The highest BCUT2D eigenvalue weighted by Crippen LogP contribution is 2.14. The Morgan fingerprint density at radius 2 is 1.95 bits per heavy atom. The molecule has 1 aromatic heterocycles. The molecule has 1 aromatic rings. The fourth-order valence-electron chi connectivity index (χ4n) is 2.24. The lowest BCUT2D eigenvalue weighted by Crippen LogP contribution is -2.54. The molecule has 1 rings (SSSR count). The summed E-state index contributed by atoms with van der Waals surface area (Å²) in [5.41, 5.74) is -0.567. The van der Waals surface area contributed by atoms with Crippen molar-refractivity contribution in [2.45, 2.75) is 39.8 Å². The lowest BCUT2D eigenvalue weighted by Gasteiger charge is -2.32. The first-order valence-corrected chi connectivity index (χ1v) is 7.50. The summed E-state index contributed by atoms with van der Waals surface area (Å²) < 4.78 is 5.62. The van der Waals surface area contributed by atoms with Crippen LogP contribution in [0.25, 0.3) is 0 Å². The molecule has 0 bridgehead atoms. The minimum absolute atomic E-state index is 0.0975. The Kier molecular flexibility index (Phi) is 6.42. The van der Waals surface area contributed by atoms with Crippen molar-refractivity contribution in [2.24, 2.45) is 0 Å². The lowest BCUT2D eigenvalue weighted by molar-refractivity contribution is -0.138. The Morgan fingerprint density at radius 3 is 2.43 bits per heavy atom. The predicted octanol–water partition coefficient (Wildman–Crippen LogP) is 1.87. The SMILES string of the molecule is CCNC(C)(C)C(=O)N(CCN(C)C)Cc1ccc(C)o1. The molecule has 0 aliphatic carbocycles. The number of hydrogen-bond donors (Lipinski definition) is 1. The van der Waals surface area contributed by atoms with Crippen molar-refractivity contribution in [3.63, 3.8) is 0 Å². The van der Waals surface area contributed by atoms with Gasteiger partial charge in [0.05, 0.1) is 12.1 Å². The number of nitrogens with one attached hydrogen (secondary N) is 1. The van der Waals surface area contributed by atoms with Crippen LogP contribution in [-0.2, 0) is 11.3 Å². The van der Waals surface area contributed by atoms with Gasteiger partial charge < -0.3 is 19.5 Å². The van der Waals surface area contributed by atoms with Gasteiger partial charge in [-0.15, -0.1) is 0 Å². The zero-order valence-corrected chi connectivity index (χ0v) is 14.2. The molecule has 0 aliphatic rings. The second kappa shape index (κ2) is 7.61. The highest BCUT2D eigenvalue weighted by Gasteiger charge is 2.31. The number of furan rings is 1. The van der Waals surface area contributed by atoms with Gasteiger partial charge in [-0.25, -0.2) is 0 Å². The van der Waals surface area contributed by atoms with E-state index in [9.17, 15) is 4.79 Å². The van der Waals surface area contributed by atoms with E-state index in [1.807, 2.05) is 58.8 Å². The molecular weight excluding hydrogens is 266 g/mol. The van der Waals surface area contributed by atoms with Crippen LogP contribution >= 0.6 is 0 Å². The Morgan fingerprint density at radius 1 is 1.29 bits per heavy atom. The van der Waals surface area contributed by atoms with E-state index >= 15 is 0 Å². The van der Waals surface area contributed by atoms with E-state index in [1.54, 1.807) is 0 Å². The molecular formula is C16H29N3O2. The van der Waals surface area contributed by atoms with Gasteiger partial charge in [-0.2, -0.15) is 0 Å². The molecule has 1 N–H and O–H groups in total. The molecule has 21 heavy (non-hydrogen) atoms. The second-order valence-electron chi connectivity index (χ2n) is 6.20. The standard InChI is InChI=1S/C16H29N3O2/c1-7-17-16(3,4)15(20)19(11-10-18(5)6)12-14-9-8-13(2)21-14/h8-9,17H,7,10-12H2,1-6H3. The van der Waals surface area contributed by atoms with E-state index in [0.717, 1.165) is 24.6 Å². The predicted molar refractivity (Wildman–Crippen MR) is 85.2 cm³/mol. The van der Waals surface area contributed by atoms with E-state index in [-0.39, 0.29) is 5.91 Å². The summed E-state index contributed by atoms with van der Waals surface area (Å²) in [6.45, 7) is 10.6. The minimum Gasteiger partial charge on any atom is -0.464 e. The number of amides is 1. The summed E-state index contributed by atoms with van der Waals surface area (Å²) in [4.78, 5) is 16.7. The van der Waals surface area contributed by atoms with Crippen molar-refractivity contribution in [3.05, 3.63) is 23.7 Å². The molecule has 0 saturated heterocycles. The number of nitrogens with zero attached hydrogens (tertiary/aromatic N) is 2. The van der Waals surface area contributed by atoms with E-state index in [2.05, 4.69) is 10.2 Å². The molecule has 0 aromatic carbocycles. The topological polar surface area (TPSA) is 48.7 Å². The molecule has 0 fully saturated rings. The molecule has 0 spiro atoms. The first-order valence-electron chi connectivity index (χ1n) is 7.50. The van der Waals surface area contributed by atoms with Crippen LogP contribution < -0.4 is 5.32 Å². The van der Waals surface area contributed by atoms with Crippen LogP contribution in [0, 0.1) is 6.92 Å². The molecule has 0 atom stereocenters. The van der Waals surface area contributed by atoms with Crippen LogP contribution in [0.2, 0.25) is 0 Å². The normalized spacial score (nSPS) is 12.0. The van der Waals surface area contributed by atoms with Crippen LogP contribution in [0.4, 0.5) is 0 Å². The Balaban J connectivity index is 2.82. The van der Waals surface area contributed by atoms with E-state index in [4.69, 9.17) is 4.42 Å². The summed E-state index contributed by atoms with van der Waals surface area (Å²) >= 11 is 0. The van der Waals surface area contributed by atoms with Crippen molar-refractivity contribution in [3.8, 4) is 0 Å². The number of likely N-dealkylation sites (N-methyl/N-ethyl adjacent to an activating group) is 2. The number of carbonyl (C=O) groups is 1. The fraction of sp³-hybridized carbons (Fsp3) is 0.688. The molecule has 0 saturated carbocycles. The minimum atomic E-state index is -0.567. The summed E-state index contributed by atoms with van der Waals surface area (Å²) in [7, 11) is 4.02. The molecule has 0 unspecified atom stereocenters. The van der Waals surface area contributed by atoms with Crippen molar-refractivity contribution < 1.29 is 9.21 Å². The van der Waals surface area contributed by atoms with Gasteiger partial charge in [-0.3, -0.25) is 4.79 Å². The molecule has 5 nitrogen and oxygen atoms in total. The molecule has 5 heteroatoms. The van der Waals surface area contributed by atoms with Gasteiger partial charge in [-0.05, 0) is 53.5 Å². The number of carbonyl (C=O) groups excluding carboxylic acids is 1. The second-order valence-corrected chi connectivity index (χ2v) is 6.20. The first-order chi connectivity index (χ1) is 9.76. The maximum Gasteiger partial charge on any atom is 0.242 e. The smallest absolute Gasteiger partial charge is 0.242 e. The number of hydrogen-bond acceptors (Lipinski definition) is 4. The first kappa shape index (κ1) is 17.7. The van der Waals surface area contributed by atoms with E-state index in [1.165, 1.54) is 0 Å². The largest absolute Gasteiger partial charge is 0.464 e. The van der Waals surface area contributed by atoms with Gasteiger partial charge >= 0.3 is 0 Å². The third-order valence-electron chi connectivity index (χ3n) is 3.40. The van der Waals surface area contributed by atoms with Crippen molar-refractivity contribution in [1.29, 1.82) is 0 Å². The van der Waals surface area contributed by atoms with Crippen molar-refractivity contribution >= 4 is 5.91 Å². The summed E-state index contributed by atoms with van der Waals surface area (Å²) in [5.74, 6) is 1.79. The van der Waals surface area contributed by atoms with Gasteiger partial charge in [0.1, 0.15) is 11.5 Å². The van der Waals surface area contributed by atoms with Crippen LogP contribution in [0.5, 0.6) is 0 Å². The van der Waals surface area contributed by atoms with Crippen LogP contribution in [-0.4, -0.2) is 55.0 Å². The Bertz CT molecular complexity index is 452. The zero-order valence-electron chi connectivity index (χ0n) is 14.2. The van der Waals surface area contributed by atoms with E-state index in [0.29, 0.717) is 13.1 Å². The maximum atomic E-state index is 12.8. The average molecular weight is 295 g/mol. The average Bonchev–Trinajstić information content (AvgIpc) is 2.79. The fourth-order valence-corrected chi connectivity index (χ4v) is 2.24. The Labute approximate surface area is 128 Å². The van der Waals surface area contributed by atoms with E-state index < -0.39 is 5.54 Å². The van der Waals surface area contributed by atoms with Crippen molar-refractivity contribution in [2.75, 3.05) is 33.7 Å². The van der Waals surface area contributed by atoms with Crippen LogP contribution in [0.15, 0.2) is 16.5 Å². The molecule has 1 amide bonds. The summed E-state index contributed by atoms with van der Waals surface area (Å²) in [6, 6.07) is 3.87. The highest BCUT2D eigenvalue weighted by molar-refractivity contribution is 5.85. The van der Waals surface area contributed by atoms with Gasteiger partial charge in [0.15, 0.2) is 0 Å². The maximum absolute atomic E-state index is 12.8. The molecule has 0 radical (unpaired) electrons. The van der Waals surface area contributed by atoms with Gasteiger partial charge in [0.25, 0.3) is 0 Å². The quantitative estimate of drug-likeness (QED) is 0.795. The van der Waals surface area contributed by atoms with Crippen LogP contribution in [0.1, 0.15) is 32.3 Å². The van der Waals surface area contributed by atoms with Gasteiger partial charge in [0, 0.05) is 13.1 Å².